The van der Waals surface area contributed by atoms with Crippen LogP contribution in [0, 0.1) is 0 Å². The molecule has 62 valence electrons. The van der Waals surface area contributed by atoms with Crippen molar-refractivity contribution in [3.63, 3.8) is 0 Å². The van der Waals surface area contributed by atoms with Gasteiger partial charge in [-0.25, -0.2) is 0 Å². The molecule has 6 heteroatoms. The second kappa shape index (κ2) is 4.64. The molecule has 0 heterocycles. The van der Waals surface area contributed by atoms with Crippen molar-refractivity contribution in [2.24, 2.45) is 0 Å². The van der Waals surface area contributed by atoms with Gasteiger partial charge in [0.05, 0.1) is 4.90 Å². The van der Waals surface area contributed by atoms with Crippen molar-refractivity contribution >= 4 is 22.7 Å². The topological polar surface area (TPSA) is 54.4 Å². The molecule has 0 bridgehead atoms. The second-order valence-electron chi connectivity index (χ2n) is 1.97. The van der Waals surface area contributed by atoms with Gasteiger partial charge >= 0.3 is 29.6 Å². The Morgan fingerprint density at radius 2 is 1.67 bits per heavy atom. The molecule has 1 rings (SSSR count). The summed E-state index contributed by atoms with van der Waals surface area (Å²) in [5.74, 6) is 0. The molecule has 0 saturated heterocycles. The van der Waals surface area contributed by atoms with Gasteiger partial charge in [0.25, 0.3) is 10.1 Å². The zero-order valence-corrected chi connectivity index (χ0v) is 10.1. The minimum atomic E-state index is -4.05. The van der Waals surface area contributed by atoms with Crippen LogP contribution in [0.1, 0.15) is 1.43 Å². The number of thiol groups is 1. The first-order chi connectivity index (χ1) is 5.00. The van der Waals surface area contributed by atoms with Crippen LogP contribution in [-0.4, -0.2) is 13.0 Å². The van der Waals surface area contributed by atoms with Crippen LogP contribution in [0.4, 0.5) is 0 Å². The Morgan fingerprint density at radius 1 is 1.25 bits per heavy atom. The van der Waals surface area contributed by atoms with Gasteiger partial charge in [0, 0.05) is 4.90 Å². The Labute approximate surface area is 100 Å². The Bertz CT molecular complexity index is 349. The van der Waals surface area contributed by atoms with Crippen molar-refractivity contribution in [2.75, 3.05) is 0 Å². The van der Waals surface area contributed by atoms with Crippen molar-refractivity contribution < 1.29 is 44.0 Å². The quantitative estimate of drug-likeness (QED) is 0.334. The van der Waals surface area contributed by atoms with E-state index in [0.717, 1.165) is 0 Å². The molecule has 0 atom stereocenters. The van der Waals surface area contributed by atoms with E-state index in [2.05, 4.69) is 12.6 Å². The maximum absolute atomic E-state index is 10.5. The van der Waals surface area contributed by atoms with E-state index in [1.54, 1.807) is 0 Å². The van der Waals surface area contributed by atoms with Crippen LogP contribution < -0.4 is 29.6 Å². The Balaban J connectivity index is 0. The third-order valence-corrected chi connectivity index (χ3v) is 2.30. The summed E-state index contributed by atoms with van der Waals surface area (Å²) in [5.41, 5.74) is 0. The number of hydrogen-bond acceptors (Lipinski definition) is 3. The van der Waals surface area contributed by atoms with E-state index < -0.39 is 10.1 Å². The van der Waals surface area contributed by atoms with E-state index in [1.165, 1.54) is 24.3 Å². The monoisotopic (exact) mass is 214 g/mol. The van der Waals surface area contributed by atoms with Crippen molar-refractivity contribution in [1.82, 2.24) is 0 Å². The van der Waals surface area contributed by atoms with Crippen molar-refractivity contribution in [3.05, 3.63) is 24.3 Å². The van der Waals surface area contributed by atoms with E-state index in [-0.39, 0.29) is 35.9 Å². The van der Waals surface area contributed by atoms with E-state index in [9.17, 15) is 8.42 Å². The van der Waals surface area contributed by atoms with Crippen LogP contribution in [-0.2, 0) is 10.1 Å². The average molecular weight is 214 g/mol. The van der Waals surface area contributed by atoms with Gasteiger partial charge in [-0.1, -0.05) is 0 Å². The minimum Gasteiger partial charge on any atom is -1.00 e. The van der Waals surface area contributed by atoms with E-state index in [0.29, 0.717) is 4.90 Å². The summed E-state index contributed by atoms with van der Waals surface area (Å²) >= 11 is 3.95. The molecule has 1 aromatic carbocycles. The Kier molecular flexibility index (Phi) is 4.83. The van der Waals surface area contributed by atoms with Gasteiger partial charge < -0.3 is 1.43 Å². The normalized spacial score (nSPS) is 10.5. The molecule has 0 fully saturated rings. The smallest absolute Gasteiger partial charge is 1.00 e. The van der Waals surface area contributed by atoms with Gasteiger partial charge in [-0.2, -0.15) is 8.42 Å². The molecule has 0 aromatic heterocycles. The first-order valence-electron chi connectivity index (χ1n) is 2.77. The maximum atomic E-state index is 10.5. The van der Waals surface area contributed by atoms with Crippen LogP contribution in [0.5, 0.6) is 0 Å². The summed E-state index contributed by atoms with van der Waals surface area (Å²) in [5, 5.41) is 0. The van der Waals surface area contributed by atoms with Crippen LogP contribution in [0.25, 0.3) is 0 Å². The van der Waals surface area contributed by atoms with Gasteiger partial charge in [-0.15, -0.1) is 12.6 Å². The fraction of sp³-hybridized carbons (Fsp3) is 0. The van der Waals surface area contributed by atoms with Crippen molar-refractivity contribution in [3.8, 4) is 0 Å². The Morgan fingerprint density at radius 3 is 2.00 bits per heavy atom. The first-order valence-corrected chi connectivity index (χ1v) is 4.65. The summed E-state index contributed by atoms with van der Waals surface area (Å²) in [6.07, 6.45) is 0. The molecule has 0 aliphatic rings. The minimum absolute atomic E-state index is 0. The summed E-state index contributed by atoms with van der Waals surface area (Å²) in [6, 6.07) is 5.56. The molecule has 0 amide bonds. The predicted octanol–water partition coefficient (Wildman–Crippen LogP) is -1.66. The predicted molar refractivity (Wildman–Crippen MR) is 44.6 cm³/mol. The van der Waals surface area contributed by atoms with Gasteiger partial charge in [-0.05, 0) is 24.3 Å². The number of hydrogen-bond donors (Lipinski definition) is 2. The molecular weight excluding hydrogens is 207 g/mol. The standard InChI is InChI=1S/C6H6O3S2.Na.H/c7-11(8,9)6-3-1-5(10)2-4-6;;/h1-4,10H,(H,7,8,9);;/q;+1;-1. The molecule has 3 nitrogen and oxygen atoms in total. The molecule has 1 N–H and O–H groups in total. The van der Waals surface area contributed by atoms with E-state index >= 15 is 0 Å². The van der Waals surface area contributed by atoms with Crippen LogP contribution in [0.2, 0.25) is 0 Å². The van der Waals surface area contributed by atoms with Crippen LogP contribution in [0.15, 0.2) is 34.1 Å². The summed E-state index contributed by atoms with van der Waals surface area (Å²) in [6.45, 7) is 0. The van der Waals surface area contributed by atoms with Gasteiger partial charge in [-0.3, -0.25) is 4.55 Å². The SMILES string of the molecule is O=S(=O)(O)c1ccc(S)cc1.[H-].[Na+]. The largest absolute Gasteiger partial charge is 1.00 e. The fourth-order valence-corrected chi connectivity index (χ4v) is 1.25. The molecule has 12 heavy (non-hydrogen) atoms. The molecular formula is C6H7NaO3S2. The first kappa shape index (κ1) is 12.5. The molecule has 0 aliphatic heterocycles. The average Bonchev–Trinajstić information content (AvgIpc) is 1.86. The molecule has 0 radical (unpaired) electrons. The number of rotatable bonds is 1. The zero-order valence-electron chi connectivity index (χ0n) is 7.43. The summed E-state index contributed by atoms with van der Waals surface area (Å²) in [7, 11) is -4.05. The van der Waals surface area contributed by atoms with Crippen molar-refractivity contribution in [2.45, 2.75) is 9.79 Å². The van der Waals surface area contributed by atoms with Crippen LogP contribution in [0.3, 0.4) is 0 Å². The molecule has 1 aromatic rings. The van der Waals surface area contributed by atoms with Gasteiger partial charge in [0.1, 0.15) is 0 Å². The maximum Gasteiger partial charge on any atom is 1.00 e. The van der Waals surface area contributed by atoms with Crippen molar-refractivity contribution in [1.29, 1.82) is 0 Å². The van der Waals surface area contributed by atoms with Gasteiger partial charge in [0.15, 0.2) is 0 Å². The van der Waals surface area contributed by atoms with Gasteiger partial charge in [0.2, 0.25) is 0 Å². The third-order valence-electron chi connectivity index (χ3n) is 1.13. The molecule has 0 saturated carbocycles. The number of benzene rings is 1. The molecule has 0 unspecified atom stereocenters. The summed E-state index contributed by atoms with van der Waals surface area (Å²) in [4.78, 5) is 0.535. The second-order valence-corrected chi connectivity index (χ2v) is 3.91. The van der Waals surface area contributed by atoms with E-state index in [4.69, 9.17) is 4.55 Å². The third kappa shape index (κ3) is 3.47. The Hall–Kier alpha value is 0.480. The molecule has 0 aliphatic carbocycles. The fourth-order valence-electron chi connectivity index (χ4n) is 0.618. The van der Waals surface area contributed by atoms with Crippen LogP contribution >= 0.6 is 12.6 Å². The summed E-state index contributed by atoms with van der Waals surface area (Å²) < 4.78 is 29.5. The zero-order chi connectivity index (χ0) is 8.48. The van der Waals surface area contributed by atoms with E-state index in [1.807, 2.05) is 0 Å². The molecule has 0 spiro atoms.